The number of phenolic OH excluding ortho intramolecular Hbond substituents is 1. The lowest BCUT2D eigenvalue weighted by molar-refractivity contribution is 0.158. The zero-order valence-electron chi connectivity index (χ0n) is 8.07. The second kappa shape index (κ2) is 4.69. The smallest absolute Gasteiger partial charge is 0.168 e. The molecule has 0 saturated carbocycles. The number of ether oxygens (including phenoxy) is 2. The van der Waals surface area contributed by atoms with Crippen molar-refractivity contribution < 1.29 is 19.8 Å². The van der Waals surface area contributed by atoms with E-state index in [0.29, 0.717) is 17.1 Å². The van der Waals surface area contributed by atoms with Crippen molar-refractivity contribution >= 4 is 0 Å². The van der Waals surface area contributed by atoms with E-state index in [1.165, 1.54) is 20.3 Å². The summed E-state index contributed by atoms with van der Waals surface area (Å²) in [6, 6.07) is 3.07. The number of hydroxylamine groups is 1. The maximum Gasteiger partial charge on any atom is 0.168 e. The number of rotatable bonds is 4. The molecular weight excluding hydrogens is 186 g/mol. The summed E-state index contributed by atoms with van der Waals surface area (Å²) in [5, 5.41) is 18.1. The van der Waals surface area contributed by atoms with E-state index in [9.17, 15) is 5.11 Å². The molecule has 0 saturated heterocycles. The molecule has 0 unspecified atom stereocenters. The summed E-state index contributed by atoms with van der Waals surface area (Å²) < 4.78 is 10.1. The molecule has 1 aromatic carbocycles. The highest BCUT2D eigenvalue weighted by Crippen LogP contribution is 2.36. The summed E-state index contributed by atoms with van der Waals surface area (Å²) >= 11 is 0. The van der Waals surface area contributed by atoms with Crippen LogP contribution in [0.5, 0.6) is 17.2 Å². The Balaban J connectivity index is 3.20. The number of methoxy groups -OCH3 is 2. The van der Waals surface area contributed by atoms with E-state index in [1.807, 2.05) is 5.48 Å². The van der Waals surface area contributed by atoms with Gasteiger partial charge in [-0.3, -0.25) is 0 Å². The first-order chi connectivity index (χ1) is 6.74. The van der Waals surface area contributed by atoms with Crippen LogP contribution in [-0.2, 0) is 6.54 Å². The normalized spacial score (nSPS) is 9.93. The van der Waals surface area contributed by atoms with Crippen molar-refractivity contribution in [1.29, 1.82) is 0 Å². The Hall–Kier alpha value is -1.46. The Morgan fingerprint density at radius 1 is 1.29 bits per heavy atom. The molecule has 0 heterocycles. The molecule has 14 heavy (non-hydrogen) atoms. The minimum absolute atomic E-state index is 0.0456. The van der Waals surface area contributed by atoms with Crippen molar-refractivity contribution in [2.45, 2.75) is 6.54 Å². The summed E-state index contributed by atoms with van der Waals surface area (Å²) in [4.78, 5) is 0. The fraction of sp³-hybridized carbons (Fsp3) is 0.333. The maximum absolute atomic E-state index is 9.49. The molecule has 0 aromatic heterocycles. The average molecular weight is 199 g/mol. The number of phenols is 1. The van der Waals surface area contributed by atoms with Gasteiger partial charge in [0.05, 0.1) is 26.3 Å². The standard InChI is InChI=1S/C9H13NO4/c1-13-8-4-3-7(11)6(5-10-12)9(8)14-2/h3-4,10-12H,5H2,1-2H3. The highest BCUT2D eigenvalue weighted by Gasteiger charge is 2.13. The SMILES string of the molecule is COc1ccc(O)c(CNO)c1OC. The quantitative estimate of drug-likeness (QED) is 0.628. The third-order valence-electron chi connectivity index (χ3n) is 1.88. The third-order valence-corrected chi connectivity index (χ3v) is 1.88. The highest BCUT2D eigenvalue weighted by molar-refractivity contribution is 5.53. The van der Waals surface area contributed by atoms with Crippen molar-refractivity contribution in [2.75, 3.05) is 14.2 Å². The molecule has 78 valence electrons. The van der Waals surface area contributed by atoms with Crippen LogP contribution < -0.4 is 15.0 Å². The van der Waals surface area contributed by atoms with Crippen molar-refractivity contribution in [3.63, 3.8) is 0 Å². The largest absolute Gasteiger partial charge is 0.507 e. The Morgan fingerprint density at radius 2 is 2.00 bits per heavy atom. The first-order valence-electron chi connectivity index (χ1n) is 4.04. The molecule has 0 radical (unpaired) electrons. The van der Waals surface area contributed by atoms with Crippen LogP contribution in [-0.4, -0.2) is 24.5 Å². The van der Waals surface area contributed by atoms with Crippen molar-refractivity contribution in [3.8, 4) is 17.2 Å². The summed E-state index contributed by atoms with van der Waals surface area (Å²) in [5.74, 6) is 0.966. The van der Waals surface area contributed by atoms with Gasteiger partial charge in [-0.25, -0.2) is 5.48 Å². The molecule has 0 amide bonds. The summed E-state index contributed by atoms with van der Waals surface area (Å²) in [6.45, 7) is 0.0895. The van der Waals surface area contributed by atoms with Gasteiger partial charge in [0, 0.05) is 0 Å². The second-order valence-electron chi connectivity index (χ2n) is 2.63. The second-order valence-corrected chi connectivity index (χ2v) is 2.63. The van der Waals surface area contributed by atoms with Crippen molar-refractivity contribution in [1.82, 2.24) is 5.48 Å². The molecule has 1 aromatic rings. The van der Waals surface area contributed by atoms with E-state index in [0.717, 1.165) is 0 Å². The molecule has 0 aliphatic rings. The fourth-order valence-corrected chi connectivity index (χ4v) is 1.23. The Bertz CT molecular complexity index is 314. The lowest BCUT2D eigenvalue weighted by atomic mass is 10.1. The number of benzene rings is 1. The van der Waals surface area contributed by atoms with E-state index >= 15 is 0 Å². The monoisotopic (exact) mass is 199 g/mol. The van der Waals surface area contributed by atoms with Gasteiger partial charge in [-0.2, -0.15) is 0 Å². The molecule has 0 fully saturated rings. The van der Waals surface area contributed by atoms with Gasteiger partial charge in [0.1, 0.15) is 5.75 Å². The molecule has 3 N–H and O–H groups in total. The Kier molecular flexibility index (Phi) is 3.55. The zero-order chi connectivity index (χ0) is 10.6. The van der Waals surface area contributed by atoms with Crippen LogP contribution in [0.1, 0.15) is 5.56 Å². The third kappa shape index (κ3) is 1.89. The molecule has 0 spiro atoms. The lowest BCUT2D eigenvalue weighted by Gasteiger charge is -2.13. The molecule has 1 rings (SSSR count). The number of nitrogens with one attached hydrogen (secondary N) is 1. The zero-order valence-corrected chi connectivity index (χ0v) is 8.07. The fourth-order valence-electron chi connectivity index (χ4n) is 1.23. The highest BCUT2D eigenvalue weighted by atomic mass is 16.5. The summed E-state index contributed by atoms with van der Waals surface area (Å²) in [7, 11) is 2.98. The first kappa shape index (κ1) is 10.6. The molecule has 0 aliphatic carbocycles. The van der Waals surface area contributed by atoms with Crippen molar-refractivity contribution in [2.24, 2.45) is 0 Å². The van der Waals surface area contributed by atoms with Crippen LogP contribution in [0.2, 0.25) is 0 Å². The van der Waals surface area contributed by atoms with Gasteiger partial charge < -0.3 is 19.8 Å². The van der Waals surface area contributed by atoms with Gasteiger partial charge >= 0.3 is 0 Å². The molecule has 5 nitrogen and oxygen atoms in total. The van der Waals surface area contributed by atoms with Crippen LogP contribution in [0, 0.1) is 0 Å². The van der Waals surface area contributed by atoms with E-state index in [2.05, 4.69) is 0 Å². The topological polar surface area (TPSA) is 71.0 Å². The van der Waals surface area contributed by atoms with Gasteiger partial charge in [-0.1, -0.05) is 0 Å². The minimum atomic E-state index is 0.0456. The van der Waals surface area contributed by atoms with E-state index in [1.54, 1.807) is 6.07 Å². The summed E-state index contributed by atoms with van der Waals surface area (Å²) in [5.41, 5.74) is 2.41. The first-order valence-corrected chi connectivity index (χ1v) is 4.04. The molecular formula is C9H13NO4. The Labute approximate surface area is 81.8 Å². The molecule has 5 heteroatoms. The van der Waals surface area contributed by atoms with E-state index < -0.39 is 0 Å². The van der Waals surface area contributed by atoms with Crippen LogP contribution in [0.4, 0.5) is 0 Å². The van der Waals surface area contributed by atoms with Crippen LogP contribution in [0.15, 0.2) is 12.1 Å². The number of hydrogen-bond acceptors (Lipinski definition) is 5. The van der Waals surface area contributed by atoms with E-state index in [-0.39, 0.29) is 12.3 Å². The van der Waals surface area contributed by atoms with Crippen LogP contribution in [0.3, 0.4) is 0 Å². The molecule has 0 atom stereocenters. The predicted molar refractivity (Wildman–Crippen MR) is 49.8 cm³/mol. The van der Waals surface area contributed by atoms with Crippen molar-refractivity contribution in [3.05, 3.63) is 17.7 Å². The van der Waals surface area contributed by atoms with Gasteiger partial charge in [-0.05, 0) is 12.1 Å². The van der Waals surface area contributed by atoms with Gasteiger partial charge in [0.2, 0.25) is 0 Å². The van der Waals surface area contributed by atoms with Gasteiger partial charge in [0.25, 0.3) is 0 Å². The Morgan fingerprint density at radius 3 is 2.50 bits per heavy atom. The lowest BCUT2D eigenvalue weighted by Crippen LogP contribution is -2.08. The van der Waals surface area contributed by atoms with Gasteiger partial charge in [0.15, 0.2) is 11.5 Å². The van der Waals surface area contributed by atoms with E-state index in [4.69, 9.17) is 14.7 Å². The molecule has 0 bridgehead atoms. The molecule has 0 aliphatic heterocycles. The maximum atomic E-state index is 9.49. The minimum Gasteiger partial charge on any atom is -0.507 e. The number of aromatic hydroxyl groups is 1. The van der Waals surface area contributed by atoms with Crippen LogP contribution in [0.25, 0.3) is 0 Å². The van der Waals surface area contributed by atoms with Gasteiger partial charge in [-0.15, -0.1) is 0 Å². The average Bonchev–Trinajstić information content (AvgIpc) is 2.21. The number of hydrogen-bond donors (Lipinski definition) is 3. The predicted octanol–water partition coefficient (Wildman–Crippen LogP) is 0.888. The van der Waals surface area contributed by atoms with Crippen LogP contribution >= 0.6 is 0 Å². The summed E-state index contributed by atoms with van der Waals surface area (Å²) in [6.07, 6.45) is 0.